The fraction of sp³-hybridized carbons (Fsp3) is 0.250. The summed E-state index contributed by atoms with van der Waals surface area (Å²) in [7, 11) is 0. The number of aryl methyl sites for hydroxylation is 2. The predicted octanol–water partition coefficient (Wildman–Crippen LogP) is 15.2. The van der Waals surface area contributed by atoms with Crippen molar-refractivity contribution in [3.8, 4) is 28.4 Å². The van der Waals surface area contributed by atoms with E-state index in [-0.39, 0.29) is 37.3 Å². The van der Waals surface area contributed by atoms with Crippen LogP contribution in [-0.2, 0) is 37.3 Å². The fourth-order valence-corrected chi connectivity index (χ4v) is 8.62. The van der Waals surface area contributed by atoms with Crippen molar-refractivity contribution < 1.29 is 25.8 Å². The first-order chi connectivity index (χ1) is 28.9. The molecule has 5 nitrogen and oxygen atoms in total. The van der Waals surface area contributed by atoms with Crippen LogP contribution in [-0.4, -0.2) is 9.55 Å². The largest absolute Gasteiger partial charge is 0.509 e. The molecule has 0 atom stereocenters. The Kier molecular flexibility index (Phi) is 11.0. The molecule has 0 aliphatic carbocycles. The van der Waals surface area contributed by atoms with Gasteiger partial charge in [-0.2, -0.15) is 12.1 Å². The summed E-state index contributed by atoms with van der Waals surface area (Å²) in [4.78, 5) is 9.47. The Morgan fingerprint density at radius 2 is 1.24 bits per heavy atom. The van der Waals surface area contributed by atoms with Crippen LogP contribution in [0.3, 0.4) is 0 Å². The molecular formula is C56H55N4OPt-3. The molecule has 0 radical (unpaired) electrons. The number of hydrogen-bond donors (Lipinski definition) is 0. The van der Waals surface area contributed by atoms with Crippen molar-refractivity contribution in [1.29, 1.82) is 0 Å². The monoisotopic (exact) mass is 994 g/mol. The number of ether oxygens (including phenoxy) is 1. The molecule has 0 unspecified atom stereocenters. The molecular weight excluding hydrogens is 940 g/mol. The quantitative estimate of drug-likeness (QED) is 0.155. The minimum Gasteiger partial charge on any atom is -0.509 e. The average molecular weight is 995 g/mol. The molecule has 318 valence electrons. The second-order valence-corrected chi connectivity index (χ2v) is 19.7. The fourth-order valence-electron chi connectivity index (χ4n) is 8.62. The van der Waals surface area contributed by atoms with Gasteiger partial charge in [0.1, 0.15) is 5.82 Å². The van der Waals surface area contributed by atoms with Gasteiger partial charge in [0, 0.05) is 61.3 Å². The summed E-state index contributed by atoms with van der Waals surface area (Å²) in [6, 6.07) is 50.7. The molecule has 0 saturated carbocycles. The van der Waals surface area contributed by atoms with Gasteiger partial charge in [-0.15, -0.1) is 48.1 Å². The number of rotatable bonds is 6. The molecule has 6 heteroatoms. The summed E-state index contributed by atoms with van der Waals surface area (Å²) in [5.41, 5.74) is 15.1. The molecule has 0 spiro atoms. The first-order valence-corrected chi connectivity index (χ1v) is 21.4. The van der Waals surface area contributed by atoms with E-state index in [1.807, 2.05) is 24.4 Å². The Hall–Kier alpha value is -5.64. The van der Waals surface area contributed by atoms with Crippen molar-refractivity contribution in [1.82, 2.24) is 9.55 Å². The van der Waals surface area contributed by atoms with Gasteiger partial charge in [0.2, 0.25) is 0 Å². The van der Waals surface area contributed by atoms with Gasteiger partial charge in [-0.3, -0.25) is 0 Å². The first-order valence-electron chi connectivity index (χ1n) is 21.4. The van der Waals surface area contributed by atoms with Crippen LogP contribution < -0.4 is 14.5 Å². The molecule has 62 heavy (non-hydrogen) atoms. The SMILES string of the molecule is Cc1cc(C(C)(C)C)cc(C)c1-c1ccnc(-n2c3[c-]c(Oc4[c-]c(N5[CH-]N(c6cccc(C(C)(C)C)c6)c6ccc(C(C)(C)C)cc65)ccc4)ccc3c3ccccc32)c1.[Pt]. The van der Waals surface area contributed by atoms with Crippen LogP contribution in [0.15, 0.2) is 128 Å². The van der Waals surface area contributed by atoms with Crippen LogP contribution in [0.4, 0.5) is 22.7 Å². The summed E-state index contributed by atoms with van der Waals surface area (Å²) in [6.45, 7) is 27.0. The van der Waals surface area contributed by atoms with Crippen LogP contribution in [0.2, 0.25) is 0 Å². The maximum atomic E-state index is 6.67. The minimum absolute atomic E-state index is 0. The molecule has 0 fully saturated rings. The summed E-state index contributed by atoms with van der Waals surface area (Å²) >= 11 is 0. The number of benzene rings is 6. The van der Waals surface area contributed by atoms with Gasteiger partial charge in [-0.05, 0) is 117 Å². The third-order valence-corrected chi connectivity index (χ3v) is 12.0. The van der Waals surface area contributed by atoms with Crippen molar-refractivity contribution in [2.75, 3.05) is 9.80 Å². The second kappa shape index (κ2) is 15.9. The van der Waals surface area contributed by atoms with E-state index in [1.165, 1.54) is 33.4 Å². The zero-order chi connectivity index (χ0) is 43.0. The van der Waals surface area contributed by atoms with Gasteiger partial charge in [0.15, 0.2) is 0 Å². The Morgan fingerprint density at radius 1 is 0.565 bits per heavy atom. The first kappa shape index (κ1) is 43.0. The van der Waals surface area contributed by atoms with Crippen molar-refractivity contribution in [2.45, 2.75) is 92.4 Å². The van der Waals surface area contributed by atoms with Crippen LogP contribution >= 0.6 is 0 Å². The normalized spacial score (nSPS) is 13.1. The van der Waals surface area contributed by atoms with Crippen LogP contribution in [0, 0.1) is 32.6 Å². The van der Waals surface area contributed by atoms with Crippen LogP contribution in [0.1, 0.15) is 90.1 Å². The van der Waals surface area contributed by atoms with Gasteiger partial charge in [0.25, 0.3) is 0 Å². The predicted molar refractivity (Wildman–Crippen MR) is 255 cm³/mol. The third kappa shape index (κ3) is 7.97. The second-order valence-electron chi connectivity index (χ2n) is 19.7. The van der Waals surface area contributed by atoms with Gasteiger partial charge < -0.3 is 19.1 Å². The number of nitrogens with zero attached hydrogens (tertiary/aromatic N) is 4. The Labute approximate surface area is 382 Å². The number of para-hydroxylation sites is 1. The smallest absolute Gasteiger partial charge is 0.136 e. The number of anilines is 4. The van der Waals surface area contributed by atoms with E-state index in [0.717, 1.165) is 55.9 Å². The standard InChI is InChI=1S/C56H55N4O.Pt/c1-36-28-41(56(9,10)11)29-37(2)53(36)38-26-27-57-52(30-38)60-48-21-13-12-20-46(48)47-24-23-45(34-50(47)60)61-44-19-15-18-43(33-44)59-35-58(42-17-14-16-39(31-42)54(3,4)5)49-25-22-40(32-51(49)59)55(6,7)8;/h12-32,35H,1-11H3;/q-3;. The number of aromatic nitrogens is 2. The van der Waals surface area contributed by atoms with Crippen molar-refractivity contribution in [3.05, 3.63) is 174 Å². The number of pyridine rings is 1. The maximum absolute atomic E-state index is 6.67. The third-order valence-electron chi connectivity index (χ3n) is 12.0. The van der Waals surface area contributed by atoms with E-state index in [1.54, 1.807) is 0 Å². The van der Waals surface area contributed by atoms with E-state index in [0.29, 0.717) is 11.5 Å². The van der Waals surface area contributed by atoms with Crippen molar-refractivity contribution in [2.24, 2.45) is 0 Å². The summed E-state index contributed by atoms with van der Waals surface area (Å²) in [5, 5.41) is 2.22. The van der Waals surface area contributed by atoms with Gasteiger partial charge >= 0.3 is 0 Å². The van der Waals surface area contributed by atoms with E-state index >= 15 is 0 Å². The summed E-state index contributed by atoms with van der Waals surface area (Å²) in [5.74, 6) is 2.04. The number of fused-ring (bicyclic) bond motifs is 4. The van der Waals surface area contributed by atoms with Gasteiger partial charge in [-0.1, -0.05) is 116 Å². The Balaban J connectivity index is 0.00000529. The minimum atomic E-state index is -0.0156. The van der Waals surface area contributed by atoms with Crippen LogP contribution in [0.25, 0.3) is 38.8 Å². The topological polar surface area (TPSA) is 33.5 Å². The van der Waals surface area contributed by atoms with E-state index in [2.05, 4.69) is 212 Å². The molecule has 0 amide bonds. The van der Waals surface area contributed by atoms with E-state index < -0.39 is 0 Å². The summed E-state index contributed by atoms with van der Waals surface area (Å²) < 4.78 is 8.88. The maximum Gasteiger partial charge on any atom is 0.136 e. The average Bonchev–Trinajstić information content (AvgIpc) is 3.76. The molecule has 8 aromatic rings. The molecule has 0 saturated heterocycles. The van der Waals surface area contributed by atoms with Crippen LogP contribution in [0.5, 0.6) is 11.5 Å². The molecule has 3 heterocycles. The Morgan fingerprint density at radius 3 is 1.97 bits per heavy atom. The molecule has 9 rings (SSSR count). The van der Waals surface area contributed by atoms with Crippen molar-refractivity contribution in [3.63, 3.8) is 0 Å². The molecule has 0 bridgehead atoms. The zero-order valence-electron chi connectivity index (χ0n) is 37.7. The van der Waals surface area contributed by atoms with Gasteiger partial charge in [0.05, 0.1) is 0 Å². The molecule has 0 N–H and O–H groups in total. The molecule has 1 aliphatic rings. The summed E-state index contributed by atoms with van der Waals surface area (Å²) in [6.07, 6.45) is 1.92. The van der Waals surface area contributed by atoms with E-state index in [9.17, 15) is 0 Å². The molecule has 6 aromatic carbocycles. The molecule has 2 aromatic heterocycles. The number of hydrogen-bond acceptors (Lipinski definition) is 4. The molecule has 1 aliphatic heterocycles. The van der Waals surface area contributed by atoms with E-state index in [4.69, 9.17) is 9.72 Å². The Bertz CT molecular complexity index is 2950. The van der Waals surface area contributed by atoms with Crippen molar-refractivity contribution >= 4 is 44.6 Å². The zero-order valence-corrected chi connectivity index (χ0v) is 40.0. The van der Waals surface area contributed by atoms with Gasteiger partial charge in [-0.25, -0.2) is 4.98 Å².